The fraction of sp³-hybridized carbons (Fsp3) is 0. The van der Waals surface area contributed by atoms with E-state index in [2.05, 4.69) is 187 Å². The first kappa shape index (κ1) is 28.7. The third-order valence-corrected chi connectivity index (χ3v) is 9.46. The summed E-state index contributed by atoms with van der Waals surface area (Å²) in [7, 11) is 0. The highest BCUT2D eigenvalue weighted by atomic mass is 15.1. The second-order valence-corrected chi connectivity index (χ2v) is 12.4. The molecule has 0 saturated heterocycles. The lowest BCUT2D eigenvalue weighted by atomic mass is 9.84. The molecular weight excluding hydrogens is 593 g/mol. The van der Waals surface area contributed by atoms with Gasteiger partial charge >= 0.3 is 0 Å². The van der Waals surface area contributed by atoms with Crippen molar-refractivity contribution in [3.05, 3.63) is 194 Å². The average Bonchev–Trinajstić information content (AvgIpc) is 3.18. The van der Waals surface area contributed by atoms with Gasteiger partial charge in [-0.15, -0.1) is 0 Å². The van der Waals surface area contributed by atoms with Gasteiger partial charge in [-0.25, -0.2) is 0 Å². The van der Waals surface area contributed by atoms with Crippen molar-refractivity contribution in [2.24, 2.45) is 0 Å². The average molecular weight is 625 g/mol. The number of hydrogen-bond donors (Lipinski definition) is 0. The number of anilines is 3. The normalized spacial score (nSPS) is 11.3. The fourth-order valence-corrected chi connectivity index (χ4v) is 7.26. The van der Waals surface area contributed by atoms with Gasteiger partial charge in [0, 0.05) is 34.0 Å². The lowest BCUT2D eigenvalue weighted by Crippen LogP contribution is -2.09. The summed E-state index contributed by atoms with van der Waals surface area (Å²) >= 11 is 0. The molecule has 0 bridgehead atoms. The molecule has 0 atom stereocenters. The maximum Gasteiger partial charge on any atom is 0.0786 e. The molecule has 0 aliphatic carbocycles. The Kier molecular flexibility index (Phi) is 7.18. The molecule has 8 aromatic carbocycles. The predicted molar refractivity (Wildman–Crippen MR) is 208 cm³/mol. The van der Waals surface area contributed by atoms with Crippen LogP contribution in [0.1, 0.15) is 0 Å². The Morgan fingerprint density at radius 2 is 0.878 bits per heavy atom. The van der Waals surface area contributed by atoms with Gasteiger partial charge in [-0.1, -0.05) is 140 Å². The first-order valence-corrected chi connectivity index (χ1v) is 16.7. The largest absolute Gasteiger partial charge is 0.311 e. The van der Waals surface area contributed by atoms with Gasteiger partial charge in [0.15, 0.2) is 0 Å². The zero-order chi connectivity index (χ0) is 32.6. The minimum atomic E-state index is 1.03. The number of rotatable bonds is 6. The molecule has 9 aromatic rings. The van der Waals surface area contributed by atoms with Gasteiger partial charge in [0.2, 0.25) is 0 Å². The second-order valence-electron chi connectivity index (χ2n) is 12.4. The highest BCUT2D eigenvalue weighted by Gasteiger charge is 2.20. The van der Waals surface area contributed by atoms with E-state index < -0.39 is 0 Å². The standard InChI is InChI=1S/C47H32N2/c1-5-14-34(15-6-1)44-42-30-25-36-18-13-31-48-47(36)46(42)45(35-16-7-2-8-17-35)41-29-26-37(32-43(41)44)33-23-27-40(28-24-33)49(38-19-9-3-10-20-38)39-21-11-4-12-22-39/h1-32H. The van der Waals surface area contributed by atoms with Crippen LogP contribution in [-0.4, -0.2) is 4.98 Å². The molecule has 0 saturated carbocycles. The number of pyridine rings is 1. The minimum absolute atomic E-state index is 1.03. The molecular formula is C47H32N2. The summed E-state index contributed by atoms with van der Waals surface area (Å²) in [6, 6.07) is 67.3. The summed E-state index contributed by atoms with van der Waals surface area (Å²) < 4.78 is 0. The summed E-state index contributed by atoms with van der Waals surface area (Å²) in [6.45, 7) is 0. The van der Waals surface area contributed by atoms with Crippen LogP contribution >= 0.6 is 0 Å². The van der Waals surface area contributed by atoms with Crippen molar-refractivity contribution in [2.75, 3.05) is 4.90 Å². The van der Waals surface area contributed by atoms with Crippen LogP contribution in [0.4, 0.5) is 17.1 Å². The SMILES string of the molecule is c1ccc(-c2c3cc(-c4ccc(N(c5ccccc5)c5ccccc5)cc4)ccc3c(-c3ccccc3)c3c2ccc2cccnc23)cc1. The van der Waals surface area contributed by atoms with E-state index in [4.69, 9.17) is 4.98 Å². The van der Waals surface area contributed by atoms with Crippen molar-refractivity contribution in [3.63, 3.8) is 0 Å². The van der Waals surface area contributed by atoms with Crippen LogP contribution in [0.15, 0.2) is 194 Å². The van der Waals surface area contributed by atoms with Gasteiger partial charge in [-0.2, -0.15) is 0 Å². The Hall–Kier alpha value is -6.51. The topological polar surface area (TPSA) is 16.1 Å². The Morgan fingerprint density at radius 1 is 0.347 bits per heavy atom. The molecule has 1 heterocycles. The van der Waals surface area contributed by atoms with Crippen molar-refractivity contribution in [1.82, 2.24) is 4.98 Å². The van der Waals surface area contributed by atoms with Crippen molar-refractivity contribution in [3.8, 4) is 33.4 Å². The molecule has 1 aromatic heterocycles. The molecule has 0 unspecified atom stereocenters. The number of fused-ring (bicyclic) bond motifs is 4. The van der Waals surface area contributed by atoms with E-state index in [0.29, 0.717) is 0 Å². The zero-order valence-electron chi connectivity index (χ0n) is 26.9. The molecule has 0 aliphatic heterocycles. The summed E-state index contributed by atoms with van der Waals surface area (Å²) in [5, 5.41) is 5.98. The molecule has 0 aliphatic rings. The van der Waals surface area contributed by atoms with Crippen LogP contribution in [0.3, 0.4) is 0 Å². The molecule has 0 N–H and O–H groups in total. The summed E-state index contributed by atoms with van der Waals surface area (Å²) in [5.74, 6) is 0. The van der Waals surface area contributed by atoms with Crippen molar-refractivity contribution in [1.29, 1.82) is 0 Å². The number of hydrogen-bond acceptors (Lipinski definition) is 2. The van der Waals surface area contributed by atoms with Crippen LogP contribution in [-0.2, 0) is 0 Å². The molecule has 2 heteroatoms. The molecule has 0 amide bonds. The van der Waals surface area contributed by atoms with Crippen LogP contribution in [0.25, 0.3) is 65.8 Å². The van der Waals surface area contributed by atoms with Gasteiger partial charge in [0.05, 0.1) is 5.52 Å². The molecule has 0 radical (unpaired) electrons. The van der Waals surface area contributed by atoms with Crippen LogP contribution in [0.2, 0.25) is 0 Å². The van der Waals surface area contributed by atoms with Gasteiger partial charge in [-0.05, 0) is 98.1 Å². The molecule has 9 rings (SSSR count). The molecule has 0 fully saturated rings. The van der Waals surface area contributed by atoms with E-state index in [1.807, 2.05) is 12.3 Å². The number of benzene rings is 8. The van der Waals surface area contributed by atoms with Crippen LogP contribution < -0.4 is 4.90 Å². The maximum absolute atomic E-state index is 4.96. The highest BCUT2D eigenvalue weighted by molar-refractivity contribution is 6.27. The minimum Gasteiger partial charge on any atom is -0.311 e. The van der Waals surface area contributed by atoms with Gasteiger partial charge in [-0.3, -0.25) is 4.98 Å². The maximum atomic E-state index is 4.96. The quantitative estimate of drug-likeness (QED) is 0.135. The first-order valence-electron chi connectivity index (χ1n) is 16.7. The Balaban J connectivity index is 1.28. The Bertz CT molecular complexity index is 2520. The van der Waals surface area contributed by atoms with Gasteiger partial charge < -0.3 is 4.90 Å². The second kappa shape index (κ2) is 12.3. The van der Waals surface area contributed by atoms with Crippen LogP contribution in [0, 0.1) is 0 Å². The van der Waals surface area contributed by atoms with Gasteiger partial charge in [0.25, 0.3) is 0 Å². The highest BCUT2D eigenvalue weighted by Crippen LogP contribution is 2.47. The van der Waals surface area contributed by atoms with Crippen molar-refractivity contribution < 1.29 is 0 Å². The van der Waals surface area contributed by atoms with Crippen molar-refractivity contribution >= 4 is 49.5 Å². The van der Waals surface area contributed by atoms with E-state index in [0.717, 1.165) is 28.0 Å². The molecule has 230 valence electrons. The number of nitrogens with zero attached hydrogens (tertiary/aromatic N) is 2. The number of para-hydroxylation sites is 2. The monoisotopic (exact) mass is 624 g/mol. The third kappa shape index (κ3) is 5.11. The van der Waals surface area contributed by atoms with E-state index >= 15 is 0 Å². The Morgan fingerprint density at radius 3 is 1.51 bits per heavy atom. The predicted octanol–water partition coefficient (Wildman–Crippen LogP) is 13.0. The zero-order valence-corrected chi connectivity index (χ0v) is 26.9. The van der Waals surface area contributed by atoms with E-state index in [1.165, 1.54) is 54.9 Å². The third-order valence-electron chi connectivity index (χ3n) is 9.46. The summed E-state index contributed by atoms with van der Waals surface area (Å²) in [5.41, 5.74) is 11.6. The lowest BCUT2D eigenvalue weighted by molar-refractivity contribution is 1.28. The summed E-state index contributed by atoms with van der Waals surface area (Å²) in [4.78, 5) is 7.26. The first-order chi connectivity index (χ1) is 24.3. The van der Waals surface area contributed by atoms with E-state index in [9.17, 15) is 0 Å². The Labute approximate surface area is 286 Å². The smallest absolute Gasteiger partial charge is 0.0786 e. The van der Waals surface area contributed by atoms with E-state index in [-0.39, 0.29) is 0 Å². The van der Waals surface area contributed by atoms with E-state index in [1.54, 1.807) is 0 Å². The summed E-state index contributed by atoms with van der Waals surface area (Å²) in [6.07, 6.45) is 1.91. The molecule has 2 nitrogen and oxygen atoms in total. The molecule has 0 spiro atoms. The number of aromatic nitrogens is 1. The molecule has 49 heavy (non-hydrogen) atoms. The van der Waals surface area contributed by atoms with Gasteiger partial charge in [0.1, 0.15) is 0 Å². The lowest BCUT2D eigenvalue weighted by Gasteiger charge is -2.25. The van der Waals surface area contributed by atoms with Crippen LogP contribution in [0.5, 0.6) is 0 Å². The fourth-order valence-electron chi connectivity index (χ4n) is 7.26. The van der Waals surface area contributed by atoms with Crippen molar-refractivity contribution in [2.45, 2.75) is 0 Å².